The van der Waals surface area contributed by atoms with Gasteiger partial charge in [0.15, 0.2) is 0 Å². The monoisotopic (exact) mass is 304 g/mol. The minimum atomic E-state index is -0.324. The summed E-state index contributed by atoms with van der Waals surface area (Å²) in [5.41, 5.74) is 0.711. The van der Waals surface area contributed by atoms with E-state index < -0.39 is 0 Å². The topological polar surface area (TPSA) is 76.1 Å². The molecule has 2 rings (SSSR count). The highest BCUT2D eigenvalue weighted by Gasteiger charge is 2.02. The normalized spacial score (nSPS) is 10.3. The summed E-state index contributed by atoms with van der Waals surface area (Å²) < 4.78 is 18.3. The second kappa shape index (κ2) is 8.04. The number of aromatic nitrogens is 2. The highest BCUT2D eigenvalue weighted by molar-refractivity contribution is 5.72. The number of rotatable bonds is 7. The summed E-state index contributed by atoms with van der Waals surface area (Å²) in [5, 5.41) is 5.82. The van der Waals surface area contributed by atoms with Gasteiger partial charge >= 0.3 is 0 Å². The van der Waals surface area contributed by atoms with Gasteiger partial charge in [-0.1, -0.05) is 0 Å². The number of hydrogen-bond donors (Lipinski definition) is 2. The predicted octanol–water partition coefficient (Wildman–Crippen LogP) is 1.63. The van der Waals surface area contributed by atoms with Crippen LogP contribution in [0.15, 0.2) is 36.7 Å². The van der Waals surface area contributed by atoms with Crippen molar-refractivity contribution in [3.05, 3.63) is 48.2 Å². The summed E-state index contributed by atoms with van der Waals surface area (Å²) in [7, 11) is 0. The van der Waals surface area contributed by atoms with E-state index in [1.54, 1.807) is 6.20 Å². The van der Waals surface area contributed by atoms with Crippen LogP contribution in [-0.2, 0) is 11.3 Å². The maximum atomic E-state index is 12.8. The molecule has 1 heterocycles. The van der Waals surface area contributed by atoms with Gasteiger partial charge in [-0.2, -0.15) is 0 Å². The smallest absolute Gasteiger partial charge is 0.238 e. The Morgan fingerprint density at radius 1 is 1.23 bits per heavy atom. The lowest BCUT2D eigenvalue weighted by molar-refractivity contribution is -0.118. The molecule has 116 valence electrons. The zero-order valence-corrected chi connectivity index (χ0v) is 12.2. The quantitative estimate of drug-likeness (QED) is 0.760. The first-order valence-corrected chi connectivity index (χ1v) is 6.83. The largest absolute Gasteiger partial charge is 0.437 e. The van der Waals surface area contributed by atoms with E-state index in [-0.39, 0.29) is 11.7 Å². The third-order valence-corrected chi connectivity index (χ3v) is 2.68. The maximum Gasteiger partial charge on any atom is 0.238 e. The van der Waals surface area contributed by atoms with Crippen LogP contribution in [0.1, 0.15) is 12.6 Å². The lowest BCUT2D eigenvalue weighted by Gasteiger charge is -2.07. The molecule has 0 saturated carbocycles. The van der Waals surface area contributed by atoms with Crippen molar-refractivity contribution in [1.82, 2.24) is 20.6 Å². The van der Waals surface area contributed by atoms with E-state index >= 15 is 0 Å². The minimum absolute atomic E-state index is 0.0590. The fraction of sp³-hybridized carbons (Fsp3) is 0.267. The van der Waals surface area contributed by atoms with Crippen molar-refractivity contribution in [2.75, 3.05) is 13.1 Å². The Morgan fingerprint density at radius 2 is 2.00 bits per heavy atom. The van der Waals surface area contributed by atoms with E-state index in [1.165, 1.54) is 37.4 Å². The van der Waals surface area contributed by atoms with Crippen molar-refractivity contribution in [3.63, 3.8) is 0 Å². The third kappa shape index (κ3) is 5.45. The summed E-state index contributed by atoms with van der Waals surface area (Å²) in [5.74, 6) is 0.450. The van der Waals surface area contributed by atoms with E-state index in [0.717, 1.165) is 0 Å². The molecule has 1 aromatic carbocycles. The van der Waals surface area contributed by atoms with Crippen molar-refractivity contribution in [2.45, 2.75) is 13.5 Å². The molecule has 0 aliphatic carbocycles. The Balaban J connectivity index is 1.84. The number of benzene rings is 1. The fourth-order valence-corrected chi connectivity index (χ4v) is 1.69. The Morgan fingerprint density at radius 3 is 2.73 bits per heavy atom. The molecule has 0 unspecified atom stereocenters. The van der Waals surface area contributed by atoms with Gasteiger partial charge in [0.25, 0.3) is 0 Å². The number of nitrogens with one attached hydrogen (secondary N) is 2. The molecule has 0 spiro atoms. The molecule has 2 aromatic rings. The lowest BCUT2D eigenvalue weighted by atomic mass is 10.3. The molecular formula is C15H17FN4O2. The first-order chi connectivity index (χ1) is 10.6. The van der Waals surface area contributed by atoms with Crippen LogP contribution in [0.25, 0.3) is 0 Å². The zero-order valence-electron chi connectivity index (χ0n) is 12.2. The molecule has 6 nitrogen and oxygen atoms in total. The van der Waals surface area contributed by atoms with Crippen LogP contribution in [0.5, 0.6) is 11.6 Å². The van der Waals surface area contributed by atoms with Gasteiger partial charge in [-0.3, -0.25) is 9.78 Å². The van der Waals surface area contributed by atoms with Crippen molar-refractivity contribution in [2.24, 2.45) is 0 Å². The number of carbonyl (C=O) groups excluding carboxylic acids is 1. The molecule has 0 saturated heterocycles. The lowest BCUT2D eigenvalue weighted by Crippen LogP contribution is -2.30. The molecule has 0 aliphatic rings. The molecule has 7 heteroatoms. The zero-order chi connectivity index (χ0) is 15.8. The van der Waals surface area contributed by atoms with Crippen LogP contribution in [0, 0.1) is 5.82 Å². The molecule has 1 aromatic heterocycles. The highest BCUT2D eigenvalue weighted by atomic mass is 19.1. The Kier molecular flexibility index (Phi) is 5.79. The fourth-order valence-electron chi connectivity index (χ4n) is 1.69. The second-order valence-electron chi connectivity index (χ2n) is 4.56. The number of halogens is 1. The van der Waals surface area contributed by atoms with Crippen LogP contribution >= 0.6 is 0 Å². The van der Waals surface area contributed by atoms with Gasteiger partial charge < -0.3 is 15.4 Å². The van der Waals surface area contributed by atoms with Crippen LogP contribution in [-0.4, -0.2) is 29.0 Å². The standard InChI is InChI=1S/C15H17FN4O2/c1-11(21)19-7-6-17-8-13-9-18-10-15(20-13)22-14-4-2-12(16)3-5-14/h2-5,9-10,17H,6-8H2,1H3,(H,19,21). The van der Waals surface area contributed by atoms with E-state index in [1.807, 2.05) is 0 Å². The van der Waals surface area contributed by atoms with Gasteiger partial charge in [-0.05, 0) is 24.3 Å². The van der Waals surface area contributed by atoms with E-state index in [2.05, 4.69) is 20.6 Å². The van der Waals surface area contributed by atoms with Crippen LogP contribution in [0.3, 0.4) is 0 Å². The van der Waals surface area contributed by atoms with Gasteiger partial charge in [0.2, 0.25) is 11.8 Å². The molecule has 0 atom stereocenters. The Labute approximate surface area is 127 Å². The first kappa shape index (κ1) is 15.8. The Bertz CT molecular complexity index is 619. The average Bonchev–Trinajstić information content (AvgIpc) is 2.49. The molecule has 1 amide bonds. The van der Waals surface area contributed by atoms with E-state index in [9.17, 15) is 9.18 Å². The summed E-state index contributed by atoms with van der Waals surface area (Å²) in [6.45, 7) is 3.16. The first-order valence-electron chi connectivity index (χ1n) is 6.83. The van der Waals surface area contributed by atoms with Gasteiger partial charge in [0, 0.05) is 32.8 Å². The van der Waals surface area contributed by atoms with Crippen molar-refractivity contribution in [3.8, 4) is 11.6 Å². The number of ether oxygens (including phenoxy) is 1. The van der Waals surface area contributed by atoms with E-state index in [4.69, 9.17) is 4.74 Å². The average molecular weight is 304 g/mol. The summed E-state index contributed by atoms with van der Waals surface area (Å²) in [6.07, 6.45) is 3.12. The molecule has 0 fully saturated rings. The summed E-state index contributed by atoms with van der Waals surface area (Å²) in [6, 6.07) is 5.68. The van der Waals surface area contributed by atoms with Gasteiger partial charge in [0.05, 0.1) is 11.9 Å². The molecule has 22 heavy (non-hydrogen) atoms. The highest BCUT2D eigenvalue weighted by Crippen LogP contribution is 2.18. The maximum absolute atomic E-state index is 12.8. The minimum Gasteiger partial charge on any atom is -0.437 e. The molecule has 0 aliphatic heterocycles. The van der Waals surface area contributed by atoms with Crippen LogP contribution < -0.4 is 15.4 Å². The van der Waals surface area contributed by atoms with Gasteiger partial charge in [-0.15, -0.1) is 0 Å². The number of hydrogen-bond acceptors (Lipinski definition) is 5. The molecule has 2 N–H and O–H groups in total. The molecule has 0 bridgehead atoms. The summed E-state index contributed by atoms with van der Waals surface area (Å²) >= 11 is 0. The summed E-state index contributed by atoms with van der Waals surface area (Å²) in [4.78, 5) is 19.1. The van der Waals surface area contributed by atoms with E-state index in [0.29, 0.717) is 37.0 Å². The molecular weight excluding hydrogens is 287 g/mol. The third-order valence-electron chi connectivity index (χ3n) is 2.68. The van der Waals surface area contributed by atoms with Gasteiger partial charge in [-0.25, -0.2) is 9.37 Å². The van der Waals surface area contributed by atoms with Crippen LogP contribution in [0.4, 0.5) is 4.39 Å². The SMILES string of the molecule is CC(=O)NCCNCc1cncc(Oc2ccc(F)cc2)n1. The predicted molar refractivity (Wildman–Crippen MR) is 78.9 cm³/mol. The number of carbonyl (C=O) groups is 1. The second-order valence-corrected chi connectivity index (χ2v) is 4.56. The Hall–Kier alpha value is -2.54. The number of amides is 1. The van der Waals surface area contributed by atoms with Crippen LogP contribution in [0.2, 0.25) is 0 Å². The van der Waals surface area contributed by atoms with Crippen molar-refractivity contribution < 1.29 is 13.9 Å². The molecule has 0 radical (unpaired) electrons. The van der Waals surface area contributed by atoms with Crippen molar-refractivity contribution >= 4 is 5.91 Å². The number of nitrogens with zero attached hydrogens (tertiary/aromatic N) is 2. The van der Waals surface area contributed by atoms with Gasteiger partial charge in [0.1, 0.15) is 11.6 Å². The van der Waals surface area contributed by atoms with Crippen molar-refractivity contribution in [1.29, 1.82) is 0 Å².